The van der Waals surface area contributed by atoms with Crippen molar-refractivity contribution >= 4 is 12.4 Å². The SMILES string of the molecule is CC(C)n1cnnc1CN1C[C@@H]2CCOC[C@]2(C(=O)O)C1.O=CO. The van der Waals surface area contributed by atoms with E-state index in [9.17, 15) is 9.90 Å². The number of likely N-dealkylation sites (tertiary alicyclic amines) is 1. The van der Waals surface area contributed by atoms with E-state index in [0.29, 0.717) is 32.3 Å². The second-order valence-electron chi connectivity index (χ2n) is 6.52. The quantitative estimate of drug-likeness (QED) is 0.760. The lowest BCUT2D eigenvalue weighted by molar-refractivity contribution is -0.159. The molecule has 1 aromatic heterocycles. The average molecular weight is 340 g/mol. The van der Waals surface area contributed by atoms with Gasteiger partial charge < -0.3 is 19.5 Å². The van der Waals surface area contributed by atoms with Crippen molar-refractivity contribution in [2.45, 2.75) is 32.9 Å². The Hall–Kier alpha value is -2.00. The van der Waals surface area contributed by atoms with Crippen LogP contribution in [0.5, 0.6) is 0 Å². The first kappa shape index (κ1) is 18.3. The first-order chi connectivity index (χ1) is 11.4. The molecule has 2 N–H and O–H groups in total. The Labute approximate surface area is 140 Å². The molecule has 0 amide bonds. The van der Waals surface area contributed by atoms with E-state index in [4.69, 9.17) is 14.6 Å². The monoisotopic (exact) mass is 340 g/mol. The van der Waals surface area contributed by atoms with Gasteiger partial charge >= 0.3 is 5.97 Å². The lowest BCUT2D eigenvalue weighted by atomic mass is 9.76. The van der Waals surface area contributed by atoms with Crippen molar-refractivity contribution in [1.29, 1.82) is 0 Å². The second-order valence-corrected chi connectivity index (χ2v) is 6.52. The van der Waals surface area contributed by atoms with Gasteiger partial charge in [0, 0.05) is 25.7 Å². The lowest BCUT2D eigenvalue weighted by Gasteiger charge is -2.34. The maximum atomic E-state index is 11.7. The first-order valence-corrected chi connectivity index (χ1v) is 7.94. The largest absolute Gasteiger partial charge is 0.483 e. The Morgan fingerprint density at radius 2 is 2.29 bits per heavy atom. The molecule has 1 aromatic rings. The van der Waals surface area contributed by atoms with Gasteiger partial charge in [0.2, 0.25) is 0 Å². The lowest BCUT2D eigenvalue weighted by Crippen LogP contribution is -2.46. The summed E-state index contributed by atoms with van der Waals surface area (Å²) in [4.78, 5) is 22.3. The van der Waals surface area contributed by atoms with Gasteiger partial charge in [-0.15, -0.1) is 10.2 Å². The third-order valence-electron chi connectivity index (χ3n) is 4.73. The fourth-order valence-electron chi connectivity index (χ4n) is 3.53. The predicted octanol–water partition coefficient (Wildman–Crippen LogP) is 0.483. The van der Waals surface area contributed by atoms with Gasteiger partial charge in [-0.2, -0.15) is 0 Å². The maximum absolute atomic E-state index is 11.7. The molecule has 2 atom stereocenters. The van der Waals surface area contributed by atoms with Crippen LogP contribution in [0.3, 0.4) is 0 Å². The van der Waals surface area contributed by atoms with Gasteiger partial charge in [0.05, 0.1) is 13.2 Å². The van der Waals surface area contributed by atoms with Gasteiger partial charge in [-0.25, -0.2) is 0 Å². The van der Waals surface area contributed by atoms with E-state index >= 15 is 0 Å². The minimum Gasteiger partial charge on any atom is -0.483 e. The number of hydrogen-bond donors (Lipinski definition) is 2. The third-order valence-corrected chi connectivity index (χ3v) is 4.73. The number of fused-ring (bicyclic) bond motifs is 1. The van der Waals surface area contributed by atoms with Gasteiger partial charge in [0.15, 0.2) is 0 Å². The van der Waals surface area contributed by atoms with Crippen LogP contribution >= 0.6 is 0 Å². The number of carboxylic acid groups (broad SMARTS) is 2. The third kappa shape index (κ3) is 3.57. The van der Waals surface area contributed by atoms with Gasteiger partial charge in [-0.1, -0.05) is 0 Å². The zero-order valence-corrected chi connectivity index (χ0v) is 14.0. The summed E-state index contributed by atoms with van der Waals surface area (Å²) < 4.78 is 7.49. The van der Waals surface area contributed by atoms with Crippen molar-refractivity contribution in [2.75, 3.05) is 26.3 Å². The number of aliphatic carboxylic acids is 1. The van der Waals surface area contributed by atoms with E-state index in [0.717, 1.165) is 18.8 Å². The highest BCUT2D eigenvalue weighted by Crippen LogP contribution is 2.42. The number of carboxylic acids is 1. The highest BCUT2D eigenvalue weighted by Gasteiger charge is 2.54. The minimum absolute atomic E-state index is 0.166. The van der Waals surface area contributed by atoms with Gasteiger partial charge in [0.1, 0.15) is 17.6 Å². The highest BCUT2D eigenvalue weighted by atomic mass is 16.5. The van der Waals surface area contributed by atoms with Crippen molar-refractivity contribution in [1.82, 2.24) is 19.7 Å². The summed E-state index contributed by atoms with van der Waals surface area (Å²) in [5.41, 5.74) is -0.749. The standard InChI is InChI=1S/C14H22N4O3.CH2O2/c1-10(2)18-9-15-16-12(18)6-17-5-11-3-4-21-8-14(11,7-17)13(19)20;2-1-3/h9-11H,3-8H2,1-2H3,(H,19,20);1H,(H,2,3)/t11-,14+;/m0./s1. The van der Waals surface area contributed by atoms with Crippen LogP contribution in [0.2, 0.25) is 0 Å². The van der Waals surface area contributed by atoms with Crippen LogP contribution in [0.1, 0.15) is 32.1 Å². The molecule has 2 aliphatic heterocycles. The Morgan fingerprint density at radius 3 is 2.88 bits per heavy atom. The van der Waals surface area contributed by atoms with Crippen LogP contribution < -0.4 is 0 Å². The molecule has 0 spiro atoms. The molecular weight excluding hydrogens is 316 g/mol. The van der Waals surface area contributed by atoms with E-state index < -0.39 is 11.4 Å². The fraction of sp³-hybridized carbons (Fsp3) is 0.733. The van der Waals surface area contributed by atoms with E-state index in [1.54, 1.807) is 6.33 Å². The van der Waals surface area contributed by atoms with Crippen molar-refractivity contribution < 1.29 is 24.5 Å². The summed E-state index contributed by atoms with van der Waals surface area (Å²) in [5, 5.41) is 24.7. The van der Waals surface area contributed by atoms with Gasteiger partial charge in [0.25, 0.3) is 6.47 Å². The molecule has 0 aromatic carbocycles. The second kappa shape index (κ2) is 7.71. The summed E-state index contributed by atoms with van der Waals surface area (Å²) in [6.45, 7) is 6.87. The Morgan fingerprint density at radius 1 is 1.58 bits per heavy atom. The molecule has 0 bridgehead atoms. The van der Waals surface area contributed by atoms with Crippen LogP contribution in [0.15, 0.2) is 6.33 Å². The molecule has 0 unspecified atom stereocenters. The molecule has 3 rings (SSSR count). The van der Waals surface area contributed by atoms with Crippen molar-refractivity contribution in [3.05, 3.63) is 12.2 Å². The van der Waals surface area contributed by atoms with Gasteiger partial charge in [-0.3, -0.25) is 14.5 Å². The van der Waals surface area contributed by atoms with Crippen molar-refractivity contribution in [3.8, 4) is 0 Å². The number of aromatic nitrogens is 3. The molecule has 0 radical (unpaired) electrons. The molecule has 2 saturated heterocycles. The normalized spacial score (nSPS) is 26.5. The number of ether oxygens (including phenoxy) is 1. The molecule has 2 fully saturated rings. The van der Waals surface area contributed by atoms with Crippen LogP contribution in [0.25, 0.3) is 0 Å². The smallest absolute Gasteiger partial charge is 0.313 e. The number of nitrogens with zero attached hydrogens (tertiary/aromatic N) is 4. The van der Waals surface area contributed by atoms with Crippen LogP contribution in [-0.2, 0) is 20.9 Å². The topological polar surface area (TPSA) is 118 Å². The summed E-state index contributed by atoms with van der Waals surface area (Å²) >= 11 is 0. The molecule has 134 valence electrons. The number of carbonyl (C=O) groups is 2. The molecule has 0 saturated carbocycles. The zero-order valence-electron chi connectivity index (χ0n) is 14.0. The van der Waals surface area contributed by atoms with Gasteiger partial charge in [-0.05, 0) is 26.2 Å². The molecule has 9 heteroatoms. The zero-order chi connectivity index (χ0) is 17.7. The molecule has 2 aliphatic rings. The predicted molar refractivity (Wildman–Crippen MR) is 83.4 cm³/mol. The van der Waals surface area contributed by atoms with E-state index in [1.165, 1.54) is 0 Å². The minimum atomic E-state index is -0.749. The summed E-state index contributed by atoms with van der Waals surface area (Å²) in [5.74, 6) is 0.323. The summed E-state index contributed by atoms with van der Waals surface area (Å²) in [6, 6.07) is 0.302. The Kier molecular flexibility index (Phi) is 5.89. The first-order valence-electron chi connectivity index (χ1n) is 7.94. The van der Waals surface area contributed by atoms with Crippen molar-refractivity contribution in [2.24, 2.45) is 11.3 Å². The average Bonchev–Trinajstić information content (AvgIpc) is 3.12. The molecular formula is C15H24N4O5. The molecule has 3 heterocycles. The van der Waals surface area contributed by atoms with E-state index in [1.807, 2.05) is 4.57 Å². The van der Waals surface area contributed by atoms with E-state index in [2.05, 4.69) is 28.9 Å². The Bertz CT molecular complexity index is 576. The highest BCUT2D eigenvalue weighted by molar-refractivity contribution is 5.76. The van der Waals surface area contributed by atoms with E-state index in [-0.39, 0.29) is 12.4 Å². The van der Waals surface area contributed by atoms with Crippen LogP contribution in [0.4, 0.5) is 0 Å². The fourth-order valence-corrected chi connectivity index (χ4v) is 3.53. The van der Waals surface area contributed by atoms with Crippen LogP contribution in [-0.4, -0.2) is 68.6 Å². The summed E-state index contributed by atoms with van der Waals surface area (Å²) in [7, 11) is 0. The summed E-state index contributed by atoms with van der Waals surface area (Å²) in [6.07, 6.45) is 2.55. The molecule has 24 heavy (non-hydrogen) atoms. The number of hydrogen-bond acceptors (Lipinski definition) is 6. The number of rotatable bonds is 4. The maximum Gasteiger partial charge on any atom is 0.313 e. The molecule has 9 nitrogen and oxygen atoms in total. The van der Waals surface area contributed by atoms with Crippen LogP contribution in [0, 0.1) is 11.3 Å². The Balaban J connectivity index is 0.000000647. The molecule has 0 aliphatic carbocycles. The van der Waals surface area contributed by atoms with Crippen molar-refractivity contribution in [3.63, 3.8) is 0 Å².